The molecule has 2 aromatic rings. The van der Waals surface area contributed by atoms with Crippen molar-refractivity contribution in [2.24, 2.45) is 11.8 Å². The molecule has 5 heteroatoms. The first-order valence-electron chi connectivity index (χ1n) is 8.53. The fraction of sp³-hybridized carbons (Fsp3) is 0.350. The molecule has 25 heavy (non-hydrogen) atoms. The molecule has 3 aliphatic heterocycles. The van der Waals surface area contributed by atoms with Gasteiger partial charge in [-0.15, -0.1) is 0 Å². The van der Waals surface area contributed by atoms with Gasteiger partial charge in [0.15, 0.2) is 0 Å². The van der Waals surface area contributed by atoms with E-state index >= 15 is 0 Å². The highest BCUT2D eigenvalue weighted by atomic mass is 16.5. The molecule has 0 saturated carbocycles. The first-order valence-corrected chi connectivity index (χ1v) is 8.53. The summed E-state index contributed by atoms with van der Waals surface area (Å²) in [5, 5.41) is 11.4. The summed E-state index contributed by atoms with van der Waals surface area (Å²) in [7, 11) is 0. The van der Waals surface area contributed by atoms with Crippen LogP contribution >= 0.6 is 0 Å². The zero-order chi connectivity index (χ0) is 17.3. The Balaban J connectivity index is 1.68. The van der Waals surface area contributed by atoms with Crippen LogP contribution in [0.5, 0.6) is 0 Å². The predicted octanol–water partition coefficient (Wildman–Crippen LogP) is 2.77. The third-order valence-electron chi connectivity index (χ3n) is 6.02. The quantitative estimate of drug-likeness (QED) is 0.753. The third kappa shape index (κ3) is 1.70. The molecule has 0 radical (unpaired) electrons. The summed E-state index contributed by atoms with van der Waals surface area (Å²) in [4.78, 5) is 27.4. The lowest BCUT2D eigenvalue weighted by Gasteiger charge is -2.26. The molecule has 0 spiro atoms. The average Bonchev–Trinajstić information content (AvgIpc) is 3.23. The Labute approximate surface area is 144 Å². The van der Waals surface area contributed by atoms with Crippen LogP contribution in [0.3, 0.4) is 0 Å². The zero-order valence-electron chi connectivity index (χ0n) is 13.7. The average molecular weight is 332 g/mol. The van der Waals surface area contributed by atoms with E-state index in [1.807, 2.05) is 37.3 Å². The molecular formula is C20H16N2O3. The number of hydrogen-bond acceptors (Lipinski definition) is 4. The van der Waals surface area contributed by atoms with E-state index in [-0.39, 0.29) is 17.9 Å². The molecule has 3 saturated heterocycles. The fourth-order valence-corrected chi connectivity index (χ4v) is 4.88. The SMILES string of the molecule is CC12CCC(O1)C1C(=O)N(c3ccc4ccccc4c3C#N)C(=O)C12. The van der Waals surface area contributed by atoms with E-state index in [1.54, 1.807) is 6.07 Å². The molecule has 2 bridgehead atoms. The zero-order valence-corrected chi connectivity index (χ0v) is 13.7. The number of imide groups is 1. The van der Waals surface area contributed by atoms with Gasteiger partial charge in [-0.2, -0.15) is 5.26 Å². The minimum atomic E-state index is -0.555. The normalized spacial score (nSPS) is 33.1. The van der Waals surface area contributed by atoms with E-state index in [4.69, 9.17) is 4.74 Å². The van der Waals surface area contributed by atoms with Gasteiger partial charge in [-0.05, 0) is 31.2 Å². The van der Waals surface area contributed by atoms with Crippen molar-refractivity contribution in [3.8, 4) is 6.07 Å². The van der Waals surface area contributed by atoms with E-state index in [9.17, 15) is 14.9 Å². The van der Waals surface area contributed by atoms with E-state index in [1.165, 1.54) is 4.90 Å². The number of amides is 2. The van der Waals surface area contributed by atoms with Crippen LogP contribution in [0.1, 0.15) is 25.3 Å². The predicted molar refractivity (Wildman–Crippen MR) is 90.6 cm³/mol. The summed E-state index contributed by atoms with van der Waals surface area (Å²) in [6, 6.07) is 13.3. The van der Waals surface area contributed by atoms with Gasteiger partial charge in [0.25, 0.3) is 0 Å². The molecule has 3 fully saturated rings. The van der Waals surface area contributed by atoms with Gasteiger partial charge in [-0.1, -0.05) is 30.3 Å². The lowest BCUT2D eigenvalue weighted by molar-refractivity contribution is -0.126. The number of fused-ring (bicyclic) bond motifs is 6. The molecular weight excluding hydrogens is 316 g/mol. The summed E-state index contributed by atoms with van der Waals surface area (Å²) in [5.41, 5.74) is 0.215. The standard InChI is InChI=1S/C20H16N2O3/c1-20-9-8-15(25-20)16-17(20)19(24)22(18(16)23)14-7-6-11-4-2-3-5-12(11)13(14)10-21/h2-7,15-17H,8-9H2,1H3. The molecule has 5 nitrogen and oxygen atoms in total. The molecule has 2 amide bonds. The second kappa shape index (κ2) is 4.68. The highest BCUT2D eigenvalue weighted by Crippen LogP contribution is 2.55. The van der Waals surface area contributed by atoms with Gasteiger partial charge in [0.05, 0.1) is 34.8 Å². The van der Waals surface area contributed by atoms with Crippen LogP contribution in [-0.2, 0) is 14.3 Å². The molecule has 0 aliphatic carbocycles. The van der Waals surface area contributed by atoms with Gasteiger partial charge in [0.2, 0.25) is 11.8 Å². The van der Waals surface area contributed by atoms with E-state index < -0.39 is 17.4 Å². The fourth-order valence-electron chi connectivity index (χ4n) is 4.88. The number of anilines is 1. The summed E-state index contributed by atoms with van der Waals surface area (Å²) < 4.78 is 5.95. The van der Waals surface area contributed by atoms with Crippen LogP contribution in [0, 0.1) is 23.2 Å². The Bertz CT molecular complexity index is 992. The van der Waals surface area contributed by atoms with E-state index in [0.717, 1.165) is 23.6 Å². The van der Waals surface area contributed by atoms with E-state index in [2.05, 4.69) is 6.07 Å². The van der Waals surface area contributed by atoms with Gasteiger partial charge < -0.3 is 4.74 Å². The summed E-state index contributed by atoms with van der Waals surface area (Å²) in [5.74, 6) is -1.30. The largest absolute Gasteiger partial charge is 0.370 e. The number of nitrogens with zero attached hydrogens (tertiary/aromatic N) is 2. The molecule has 4 unspecified atom stereocenters. The number of carbonyl (C=O) groups excluding carboxylic acids is 2. The maximum atomic E-state index is 13.1. The Morgan fingerprint density at radius 3 is 2.76 bits per heavy atom. The molecule has 5 rings (SSSR count). The summed E-state index contributed by atoms with van der Waals surface area (Å²) in [6.07, 6.45) is 1.43. The van der Waals surface area contributed by atoms with E-state index in [0.29, 0.717) is 11.3 Å². The Kier molecular flexibility index (Phi) is 2.73. The summed E-state index contributed by atoms with van der Waals surface area (Å²) in [6.45, 7) is 1.93. The van der Waals surface area contributed by atoms with Crippen LogP contribution in [0.4, 0.5) is 5.69 Å². The molecule has 3 aliphatic rings. The van der Waals surface area contributed by atoms with Crippen molar-refractivity contribution in [2.75, 3.05) is 4.90 Å². The topological polar surface area (TPSA) is 70.4 Å². The minimum Gasteiger partial charge on any atom is -0.370 e. The summed E-state index contributed by atoms with van der Waals surface area (Å²) >= 11 is 0. The van der Waals surface area contributed by atoms with Crippen LogP contribution in [-0.4, -0.2) is 23.5 Å². The monoisotopic (exact) mass is 332 g/mol. The van der Waals surface area contributed by atoms with Crippen molar-refractivity contribution in [1.29, 1.82) is 5.26 Å². The number of rotatable bonds is 1. The maximum absolute atomic E-state index is 13.1. The molecule has 124 valence electrons. The lowest BCUT2D eigenvalue weighted by Crippen LogP contribution is -2.39. The van der Waals surface area contributed by atoms with Crippen LogP contribution in [0.2, 0.25) is 0 Å². The van der Waals surface area contributed by atoms with Crippen molar-refractivity contribution in [3.63, 3.8) is 0 Å². The van der Waals surface area contributed by atoms with Crippen molar-refractivity contribution in [1.82, 2.24) is 0 Å². The van der Waals surface area contributed by atoms with Gasteiger partial charge in [0.1, 0.15) is 6.07 Å². The second-order valence-electron chi connectivity index (χ2n) is 7.32. The highest BCUT2D eigenvalue weighted by Gasteiger charge is 2.67. The lowest BCUT2D eigenvalue weighted by atomic mass is 9.74. The maximum Gasteiger partial charge on any atom is 0.240 e. The van der Waals surface area contributed by atoms with Crippen LogP contribution < -0.4 is 4.90 Å². The number of nitriles is 1. The van der Waals surface area contributed by atoms with Crippen molar-refractivity contribution in [2.45, 2.75) is 31.5 Å². The van der Waals surface area contributed by atoms with Gasteiger partial charge in [-0.3, -0.25) is 9.59 Å². The Morgan fingerprint density at radius 1 is 1.20 bits per heavy atom. The van der Waals surface area contributed by atoms with Crippen molar-refractivity contribution >= 4 is 28.3 Å². The number of carbonyl (C=O) groups is 2. The highest BCUT2D eigenvalue weighted by molar-refractivity contribution is 6.24. The molecule has 0 aromatic heterocycles. The first-order chi connectivity index (χ1) is 12.0. The third-order valence-corrected chi connectivity index (χ3v) is 6.02. The van der Waals surface area contributed by atoms with Crippen molar-refractivity contribution in [3.05, 3.63) is 42.0 Å². The minimum absolute atomic E-state index is 0.178. The molecule has 4 atom stereocenters. The Hall–Kier alpha value is -2.71. The smallest absolute Gasteiger partial charge is 0.240 e. The molecule has 3 heterocycles. The van der Waals surface area contributed by atoms with Crippen LogP contribution in [0.15, 0.2) is 36.4 Å². The van der Waals surface area contributed by atoms with Crippen molar-refractivity contribution < 1.29 is 14.3 Å². The Morgan fingerprint density at radius 2 is 2.00 bits per heavy atom. The second-order valence-corrected chi connectivity index (χ2v) is 7.32. The first kappa shape index (κ1) is 14.6. The van der Waals surface area contributed by atoms with Gasteiger partial charge in [0, 0.05) is 5.39 Å². The number of benzene rings is 2. The molecule has 2 aromatic carbocycles. The number of ether oxygens (including phenoxy) is 1. The van der Waals surface area contributed by atoms with Crippen LogP contribution in [0.25, 0.3) is 10.8 Å². The van der Waals surface area contributed by atoms with Gasteiger partial charge >= 0.3 is 0 Å². The van der Waals surface area contributed by atoms with Gasteiger partial charge in [-0.25, -0.2) is 4.90 Å². The molecule has 0 N–H and O–H groups in total. The number of hydrogen-bond donors (Lipinski definition) is 0.